The van der Waals surface area contributed by atoms with Gasteiger partial charge in [-0.25, -0.2) is 5.43 Å². The Morgan fingerprint density at radius 3 is 2.94 bits per heavy atom. The Morgan fingerprint density at radius 2 is 2.12 bits per heavy atom. The van der Waals surface area contributed by atoms with Crippen LogP contribution in [0.1, 0.15) is 44.2 Å². The van der Waals surface area contributed by atoms with Crippen LogP contribution in [-0.4, -0.2) is 36.3 Å². The molecule has 1 amide bonds. The van der Waals surface area contributed by atoms with Crippen LogP contribution in [0.2, 0.25) is 5.02 Å². The lowest BCUT2D eigenvalue weighted by Gasteiger charge is -2.45. The molecule has 1 N–H and O–H groups in total. The van der Waals surface area contributed by atoms with Gasteiger partial charge in [-0.3, -0.25) is 9.78 Å². The van der Waals surface area contributed by atoms with Crippen molar-refractivity contribution in [1.29, 1.82) is 0 Å². The number of carbonyl (C=O) groups is 1. The van der Waals surface area contributed by atoms with Gasteiger partial charge in [-0.05, 0) is 56.0 Å². The molecule has 2 aromatic carbocycles. The topological polar surface area (TPSA) is 66.8 Å². The summed E-state index contributed by atoms with van der Waals surface area (Å²) < 4.78 is 5.65. The first-order chi connectivity index (χ1) is 15.3. The van der Waals surface area contributed by atoms with E-state index >= 15 is 0 Å². The lowest BCUT2D eigenvalue weighted by molar-refractivity contribution is -0.123. The lowest BCUT2D eigenvalue weighted by Crippen LogP contribution is -2.45. The second kappa shape index (κ2) is 8.79. The average Bonchev–Trinajstić information content (AvgIpc) is 2.76. The van der Waals surface area contributed by atoms with E-state index in [4.69, 9.17) is 16.3 Å². The maximum Gasteiger partial charge on any atom is 0.277 e. The van der Waals surface area contributed by atoms with Crippen molar-refractivity contribution in [2.24, 2.45) is 5.10 Å². The third-order valence-corrected chi connectivity index (χ3v) is 6.43. The molecule has 2 heterocycles. The number of nitrogens with one attached hydrogen (secondary N) is 1. The van der Waals surface area contributed by atoms with Crippen molar-refractivity contribution in [2.45, 2.75) is 38.6 Å². The normalized spacial score (nSPS) is 17.4. The highest BCUT2D eigenvalue weighted by molar-refractivity contribution is 6.33. The number of hydrogen-bond donors (Lipinski definition) is 1. The summed E-state index contributed by atoms with van der Waals surface area (Å²) in [6, 6.07) is 13.4. The molecule has 6 nitrogen and oxygen atoms in total. The third kappa shape index (κ3) is 4.41. The number of rotatable bonds is 5. The van der Waals surface area contributed by atoms with Crippen LogP contribution in [0.3, 0.4) is 0 Å². The fourth-order valence-corrected chi connectivity index (χ4v) is 4.45. The molecular formula is C25H27ClN4O2. The minimum atomic E-state index is -0.363. The molecule has 1 atom stereocenters. The minimum Gasteiger partial charge on any atom is -0.481 e. The summed E-state index contributed by atoms with van der Waals surface area (Å²) in [6.07, 6.45) is 4.32. The van der Waals surface area contributed by atoms with E-state index in [0.717, 1.165) is 28.6 Å². The Balaban J connectivity index is 1.42. The van der Waals surface area contributed by atoms with Gasteiger partial charge in [0.05, 0.1) is 11.2 Å². The maximum absolute atomic E-state index is 12.2. The van der Waals surface area contributed by atoms with Crippen LogP contribution in [0.4, 0.5) is 5.69 Å². The van der Waals surface area contributed by atoms with E-state index in [9.17, 15) is 4.79 Å². The molecule has 1 aliphatic rings. The van der Waals surface area contributed by atoms with Crippen molar-refractivity contribution >= 4 is 40.3 Å². The number of aromatic nitrogens is 1. The Bertz CT molecular complexity index is 1190. The van der Waals surface area contributed by atoms with E-state index in [2.05, 4.69) is 54.3 Å². The predicted molar refractivity (Wildman–Crippen MR) is 130 cm³/mol. The number of ether oxygens (including phenoxy) is 1. The molecule has 166 valence electrons. The van der Waals surface area contributed by atoms with E-state index in [-0.39, 0.29) is 18.1 Å². The number of para-hydroxylation sites is 1. The van der Waals surface area contributed by atoms with Crippen molar-refractivity contribution in [2.75, 3.05) is 18.6 Å². The summed E-state index contributed by atoms with van der Waals surface area (Å²) in [5, 5.41) is 5.63. The molecular weight excluding hydrogens is 424 g/mol. The fourth-order valence-electron chi connectivity index (χ4n) is 4.25. The number of hydrazone groups is 1. The minimum absolute atomic E-state index is 0.0684. The number of carbonyl (C=O) groups excluding carboxylic acids is 1. The van der Waals surface area contributed by atoms with Gasteiger partial charge >= 0.3 is 0 Å². The van der Waals surface area contributed by atoms with Crippen LogP contribution in [-0.2, 0) is 4.79 Å². The standard InChI is InChI=1S/C25H27ClN4O2/c1-16-13-25(2,3)30(4)21-12-20(26)18(11-19(16)21)14-28-29-23(31)15-32-22-9-5-7-17-8-6-10-27-24(17)22/h5-12,14,16H,13,15H2,1-4H3,(H,29,31)/b28-14-. The molecule has 0 radical (unpaired) electrons. The number of pyridine rings is 1. The smallest absolute Gasteiger partial charge is 0.277 e. The molecule has 1 aromatic heterocycles. The monoisotopic (exact) mass is 450 g/mol. The van der Waals surface area contributed by atoms with E-state index in [1.54, 1.807) is 18.5 Å². The van der Waals surface area contributed by atoms with Gasteiger partial charge in [0.2, 0.25) is 0 Å². The Morgan fingerprint density at radius 1 is 1.34 bits per heavy atom. The highest BCUT2D eigenvalue weighted by atomic mass is 35.5. The Kier molecular flexibility index (Phi) is 6.07. The average molecular weight is 451 g/mol. The van der Waals surface area contributed by atoms with Crippen molar-refractivity contribution in [3.05, 3.63) is 64.8 Å². The second-order valence-corrected chi connectivity index (χ2v) is 9.23. The number of anilines is 1. The zero-order valence-corrected chi connectivity index (χ0v) is 19.5. The number of hydrogen-bond acceptors (Lipinski definition) is 5. The molecule has 0 fully saturated rings. The van der Waals surface area contributed by atoms with Crippen LogP contribution in [0.25, 0.3) is 10.9 Å². The van der Waals surface area contributed by atoms with E-state index in [1.165, 1.54) is 5.56 Å². The molecule has 0 bridgehead atoms. The zero-order chi connectivity index (χ0) is 22.9. The van der Waals surface area contributed by atoms with E-state index < -0.39 is 0 Å². The first kappa shape index (κ1) is 22.1. The van der Waals surface area contributed by atoms with Gasteiger partial charge in [-0.15, -0.1) is 0 Å². The molecule has 0 aliphatic carbocycles. The van der Waals surface area contributed by atoms with Gasteiger partial charge in [0, 0.05) is 35.4 Å². The fraction of sp³-hybridized carbons (Fsp3) is 0.320. The van der Waals surface area contributed by atoms with Gasteiger partial charge in [-0.2, -0.15) is 5.10 Å². The first-order valence-electron chi connectivity index (χ1n) is 10.6. The number of amides is 1. The number of benzene rings is 2. The summed E-state index contributed by atoms with van der Waals surface area (Å²) >= 11 is 6.52. The molecule has 1 unspecified atom stereocenters. The van der Waals surface area contributed by atoms with Gasteiger partial charge in [0.15, 0.2) is 6.61 Å². The van der Waals surface area contributed by atoms with Crippen molar-refractivity contribution < 1.29 is 9.53 Å². The molecule has 1 aliphatic heterocycles. The zero-order valence-electron chi connectivity index (χ0n) is 18.7. The Hall–Kier alpha value is -3.12. The lowest BCUT2D eigenvalue weighted by atomic mass is 9.80. The highest BCUT2D eigenvalue weighted by Crippen LogP contribution is 2.44. The molecule has 7 heteroatoms. The summed E-state index contributed by atoms with van der Waals surface area (Å²) in [6.45, 7) is 6.54. The quantitative estimate of drug-likeness (QED) is 0.431. The van der Waals surface area contributed by atoms with Gasteiger partial charge in [0.1, 0.15) is 11.3 Å². The SMILES string of the molecule is CC1CC(C)(C)N(C)c2cc(Cl)c(/C=N\NC(=O)COc3cccc4cccnc34)cc21. The van der Waals surface area contributed by atoms with Gasteiger partial charge in [0.25, 0.3) is 5.91 Å². The van der Waals surface area contributed by atoms with Crippen molar-refractivity contribution in [1.82, 2.24) is 10.4 Å². The number of nitrogens with zero attached hydrogens (tertiary/aromatic N) is 3. The number of halogens is 1. The van der Waals surface area contributed by atoms with Gasteiger partial charge in [-0.1, -0.05) is 36.7 Å². The number of fused-ring (bicyclic) bond motifs is 2. The van der Waals surface area contributed by atoms with E-state index in [1.807, 2.05) is 30.3 Å². The van der Waals surface area contributed by atoms with Crippen LogP contribution < -0.4 is 15.1 Å². The largest absolute Gasteiger partial charge is 0.481 e. The van der Waals surface area contributed by atoms with Crippen molar-refractivity contribution in [3.8, 4) is 5.75 Å². The predicted octanol–water partition coefficient (Wildman–Crippen LogP) is 5.14. The summed E-state index contributed by atoms with van der Waals surface area (Å²) in [4.78, 5) is 18.8. The van der Waals surface area contributed by atoms with Crippen LogP contribution in [0.15, 0.2) is 53.8 Å². The molecule has 3 aromatic rings. The van der Waals surface area contributed by atoms with Crippen LogP contribution in [0.5, 0.6) is 5.75 Å². The first-order valence-corrected chi connectivity index (χ1v) is 11.0. The van der Waals surface area contributed by atoms with Crippen LogP contribution in [0, 0.1) is 0 Å². The third-order valence-electron chi connectivity index (χ3n) is 6.10. The maximum atomic E-state index is 12.2. The van der Waals surface area contributed by atoms with Crippen LogP contribution >= 0.6 is 11.6 Å². The molecule has 32 heavy (non-hydrogen) atoms. The summed E-state index contributed by atoms with van der Waals surface area (Å²) in [5.41, 5.74) is 6.43. The second-order valence-electron chi connectivity index (χ2n) is 8.82. The Labute approximate surface area is 193 Å². The molecule has 0 saturated heterocycles. The molecule has 0 saturated carbocycles. The highest BCUT2D eigenvalue weighted by Gasteiger charge is 2.34. The van der Waals surface area contributed by atoms with Gasteiger partial charge < -0.3 is 9.64 Å². The molecule has 4 rings (SSSR count). The molecule has 0 spiro atoms. The summed E-state index contributed by atoms with van der Waals surface area (Å²) in [7, 11) is 2.10. The van der Waals surface area contributed by atoms with Crippen molar-refractivity contribution in [3.63, 3.8) is 0 Å². The summed E-state index contributed by atoms with van der Waals surface area (Å²) in [5.74, 6) is 0.594. The van der Waals surface area contributed by atoms with E-state index in [0.29, 0.717) is 16.7 Å².